The van der Waals surface area contributed by atoms with E-state index in [-0.39, 0.29) is 38.4 Å². The highest BCUT2D eigenvalue weighted by Crippen LogP contribution is 2.57. The highest BCUT2D eigenvalue weighted by Gasteiger charge is 2.39. The first-order valence-electron chi connectivity index (χ1n) is 27.8. The number of benzene rings is 6. The van der Waals surface area contributed by atoms with Crippen molar-refractivity contribution in [3.63, 3.8) is 0 Å². The minimum absolute atomic E-state index is 0.0867. The van der Waals surface area contributed by atoms with E-state index in [1.165, 1.54) is 77.9 Å². The Morgan fingerprint density at radius 2 is 0.597 bits per heavy atom. The third-order valence-electron chi connectivity index (χ3n) is 14.6. The maximum Gasteiger partial charge on any atom is 0.530 e. The molecule has 77 heavy (non-hydrogen) atoms. The van der Waals surface area contributed by atoms with Crippen LogP contribution in [-0.2, 0) is 38.9 Å². The van der Waals surface area contributed by atoms with E-state index in [0.29, 0.717) is 0 Å². The molecule has 0 N–H and O–H groups in total. The lowest BCUT2D eigenvalue weighted by molar-refractivity contribution is 0.362. The van der Waals surface area contributed by atoms with Crippen LogP contribution < -0.4 is 27.1 Å². The summed E-state index contributed by atoms with van der Waals surface area (Å²) in [6, 6.07) is 30.8. The molecule has 0 unspecified atom stereocenters. The van der Waals surface area contributed by atoms with Crippen molar-refractivity contribution in [3.8, 4) is 34.5 Å². The molecule has 2 aliphatic heterocycles. The second-order valence-electron chi connectivity index (χ2n) is 28.5. The van der Waals surface area contributed by atoms with Gasteiger partial charge in [0.2, 0.25) is 0 Å². The van der Waals surface area contributed by atoms with Crippen molar-refractivity contribution < 1.29 is 27.1 Å². The minimum Gasteiger partial charge on any atom is -0.408 e. The van der Waals surface area contributed by atoms with Gasteiger partial charge in [-0.2, -0.15) is 0 Å². The van der Waals surface area contributed by atoms with Crippen molar-refractivity contribution in [2.45, 2.75) is 218 Å². The maximum absolute atomic E-state index is 6.90. The highest BCUT2D eigenvalue weighted by molar-refractivity contribution is 7.43. The summed E-state index contributed by atoms with van der Waals surface area (Å²) >= 11 is 0. The van der Waals surface area contributed by atoms with Crippen LogP contribution >= 0.6 is 17.2 Å². The van der Waals surface area contributed by atoms with E-state index in [1.807, 2.05) is 0 Å². The summed E-state index contributed by atoms with van der Waals surface area (Å²) in [7, 11) is -3.59. The Labute approximate surface area is 468 Å². The largest absolute Gasteiger partial charge is 0.530 e. The number of fused-ring (bicyclic) bond motifs is 4. The van der Waals surface area contributed by atoms with Gasteiger partial charge in [-0.15, -0.1) is 0 Å². The van der Waals surface area contributed by atoms with Gasteiger partial charge in [0.05, 0.1) is 0 Å². The van der Waals surface area contributed by atoms with Gasteiger partial charge in [0.15, 0.2) is 0 Å². The quantitative estimate of drug-likeness (QED) is 0.164. The van der Waals surface area contributed by atoms with Gasteiger partial charge in [0.1, 0.15) is 34.5 Å². The lowest BCUT2D eigenvalue weighted by Crippen LogP contribution is -2.21. The molecule has 0 atom stereocenters. The predicted octanol–water partition coefficient (Wildman–Crippen LogP) is 20.9. The zero-order valence-corrected chi connectivity index (χ0v) is 53.5. The molecule has 6 nitrogen and oxygen atoms in total. The molecule has 0 aliphatic carbocycles. The van der Waals surface area contributed by atoms with Crippen LogP contribution in [0.3, 0.4) is 0 Å². The van der Waals surface area contributed by atoms with E-state index in [9.17, 15) is 0 Å². The van der Waals surface area contributed by atoms with Crippen LogP contribution in [0, 0.1) is 41.5 Å². The molecule has 2 aliphatic rings. The van der Waals surface area contributed by atoms with E-state index in [1.54, 1.807) is 0 Å². The molecular weight excluding hydrogens is 987 g/mol. The molecule has 0 radical (unpaired) electrons. The Morgan fingerprint density at radius 3 is 0.896 bits per heavy atom. The second kappa shape index (κ2) is 21.6. The first-order valence-corrected chi connectivity index (χ1v) is 30.0. The van der Waals surface area contributed by atoms with E-state index in [2.05, 4.69) is 258 Å². The molecule has 0 aromatic heterocycles. The van der Waals surface area contributed by atoms with Crippen molar-refractivity contribution >= 4 is 17.2 Å². The Kier molecular flexibility index (Phi) is 16.7. The van der Waals surface area contributed by atoms with Gasteiger partial charge in [0.25, 0.3) is 0 Å². The van der Waals surface area contributed by atoms with Gasteiger partial charge in [0, 0.05) is 56.8 Å². The smallest absolute Gasteiger partial charge is 0.408 e. The number of hydrogen-bond donors (Lipinski definition) is 0. The minimum atomic E-state index is -1.80. The SMILES string of the molecule is Cc1ccc(OP2Oc3c(cc(C)cc3C(C)(C)C)C(C)c3cc(C)cc(C(C)(C)C)c3O2)c(C(C)(C)C)c1.Cc1ccc(OP2Oc3c(cc(C)cc3C(C)(C)C)Cc3cc(C)cc(C(C)(C)C)c3O2)c(C(C)(C)C)c1. The molecule has 8 heteroatoms. The molecular formula is C69H92O6P2. The zero-order valence-electron chi connectivity index (χ0n) is 51.7. The summed E-state index contributed by atoms with van der Waals surface area (Å²) in [4.78, 5) is 0. The van der Waals surface area contributed by atoms with Crippen molar-refractivity contribution in [2.24, 2.45) is 0 Å². The summed E-state index contributed by atoms with van der Waals surface area (Å²) in [6.45, 7) is 55.4. The van der Waals surface area contributed by atoms with Crippen LogP contribution in [0.2, 0.25) is 0 Å². The van der Waals surface area contributed by atoms with E-state index < -0.39 is 17.2 Å². The molecule has 0 amide bonds. The molecule has 6 aromatic carbocycles. The lowest BCUT2D eigenvalue weighted by Gasteiger charge is -2.34. The molecule has 8 rings (SSSR count). The van der Waals surface area contributed by atoms with E-state index in [0.717, 1.165) is 52.0 Å². The Balaban J connectivity index is 0.000000224. The molecule has 0 bridgehead atoms. The van der Waals surface area contributed by atoms with Gasteiger partial charge in [-0.3, -0.25) is 0 Å². The fourth-order valence-corrected chi connectivity index (χ4v) is 12.7. The first kappa shape index (κ1) is 59.6. The van der Waals surface area contributed by atoms with Crippen LogP contribution in [0.25, 0.3) is 0 Å². The molecule has 6 aromatic rings. The fourth-order valence-electron chi connectivity index (χ4n) is 10.4. The van der Waals surface area contributed by atoms with Crippen LogP contribution in [0.1, 0.15) is 226 Å². The molecule has 0 saturated carbocycles. The summed E-state index contributed by atoms with van der Waals surface area (Å²) in [6.07, 6.45) is 0.751. The standard InChI is InChI=1S/C35H47O3P.C34H45O3P/c1-21-14-15-30(27(18-21)33(5,6)7)36-39-37-31-25(16-22(2)19-28(31)34(8,9)10)24(4)26-17-23(3)20-29(32(26)38-39)35(11,12)13;1-21-13-14-29(26(17-21)32(4,5)6)35-38-36-30-24(15-22(2)18-27(30)33(7,8)9)20-25-16-23(3)19-28(31(25)37-38)34(10,11)12/h14-20,24H,1-13H3;13-19H,20H2,1-12H3. The third kappa shape index (κ3) is 13.7. The molecule has 414 valence electrons. The lowest BCUT2D eigenvalue weighted by atomic mass is 9.79. The molecule has 0 spiro atoms. The van der Waals surface area contributed by atoms with Gasteiger partial charge < -0.3 is 27.1 Å². The van der Waals surface area contributed by atoms with E-state index in [4.69, 9.17) is 27.1 Å². The van der Waals surface area contributed by atoms with Gasteiger partial charge in [-0.1, -0.05) is 238 Å². The van der Waals surface area contributed by atoms with Crippen molar-refractivity contribution in [1.82, 2.24) is 0 Å². The number of hydrogen-bond acceptors (Lipinski definition) is 6. The topological polar surface area (TPSA) is 55.4 Å². The predicted molar refractivity (Wildman–Crippen MR) is 327 cm³/mol. The van der Waals surface area contributed by atoms with E-state index >= 15 is 0 Å². The average molecular weight is 1080 g/mol. The van der Waals surface area contributed by atoms with Crippen molar-refractivity contribution in [2.75, 3.05) is 0 Å². The van der Waals surface area contributed by atoms with Crippen LogP contribution in [0.4, 0.5) is 0 Å². The van der Waals surface area contributed by atoms with Crippen molar-refractivity contribution in [1.29, 1.82) is 0 Å². The maximum atomic E-state index is 6.90. The van der Waals surface area contributed by atoms with Crippen LogP contribution in [-0.4, -0.2) is 0 Å². The molecule has 0 saturated heterocycles. The van der Waals surface area contributed by atoms with Crippen molar-refractivity contribution in [3.05, 3.63) is 174 Å². The van der Waals surface area contributed by atoms with Gasteiger partial charge in [-0.05, 0) is 97.3 Å². The average Bonchev–Trinajstić information content (AvgIpc) is 3.26. The summed E-state index contributed by atoms with van der Waals surface area (Å²) in [5.74, 6) is 5.28. The zero-order chi connectivity index (χ0) is 57.3. The second-order valence-corrected chi connectivity index (χ2v) is 30.4. The summed E-state index contributed by atoms with van der Waals surface area (Å²) < 4.78 is 40.9. The fraction of sp³-hybridized carbons (Fsp3) is 0.478. The summed E-state index contributed by atoms with van der Waals surface area (Å²) in [5.41, 5.74) is 18.5. The highest BCUT2D eigenvalue weighted by atomic mass is 31.2. The van der Waals surface area contributed by atoms with Crippen LogP contribution in [0.15, 0.2) is 84.9 Å². The van der Waals surface area contributed by atoms with Gasteiger partial charge in [-0.25, -0.2) is 0 Å². The number of rotatable bonds is 4. The molecule has 0 fully saturated rings. The van der Waals surface area contributed by atoms with Gasteiger partial charge >= 0.3 is 17.2 Å². The normalized spacial score (nSPS) is 16.2. The number of aryl methyl sites for hydroxylation is 6. The monoisotopic (exact) mass is 1080 g/mol. The Morgan fingerprint density at radius 1 is 0.338 bits per heavy atom. The Bertz CT molecular complexity index is 3010. The molecule has 2 heterocycles. The first-order chi connectivity index (χ1) is 35.3. The third-order valence-corrected chi connectivity index (χ3v) is 16.6. The Hall–Kier alpha value is -5.02. The van der Waals surface area contributed by atoms with Crippen LogP contribution in [0.5, 0.6) is 34.5 Å². The summed E-state index contributed by atoms with van der Waals surface area (Å²) in [5, 5.41) is 0.